The number of hydrogen-bond acceptors (Lipinski definition) is 11. The first-order valence-electron chi connectivity index (χ1n) is 9.83. The van der Waals surface area contributed by atoms with E-state index in [9.17, 15) is 25.3 Å². The highest BCUT2D eigenvalue weighted by atomic mass is 32.2. The lowest BCUT2D eigenvalue weighted by Crippen LogP contribution is -2.34. The second-order valence-electron chi connectivity index (χ2n) is 6.65. The minimum atomic E-state index is -3.46. The summed E-state index contributed by atoms with van der Waals surface area (Å²) in [6.07, 6.45) is -1.28. The SMILES string of the molecule is C=CS(=O)(=O)CCOCC(COC)OCC(COCCS(=O)(=O)C=C)OCCS(=O)(=O)C=C. The van der Waals surface area contributed by atoms with Gasteiger partial charge in [0, 0.05) is 23.3 Å². The Hall–Kier alpha value is -1.13. The molecule has 0 bridgehead atoms. The lowest BCUT2D eigenvalue weighted by atomic mass is 10.3. The molecule has 14 heteroatoms. The largest absolute Gasteiger partial charge is 0.382 e. The van der Waals surface area contributed by atoms with E-state index in [4.69, 9.17) is 23.7 Å². The Morgan fingerprint density at radius 2 is 1.00 bits per heavy atom. The van der Waals surface area contributed by atoms with E-state index >= 15 is 0 Å². The molecule has 33 heavy (non-hydrogen) atoms. The van der Waals surface area contributed by atoms with Crippen LogP contribution in [0.15, 0.2) is 36.0 Å². The molecule has 2 unspecified atom stereocenters. The van der Waals surface area contributed by atoms with E-state index in [0.29, 0.717) is 0 Å². The Morgan fingerprint density at radius 1 is 0.606 bits per heavy atom. The van der Waals surface area contributed by atoms with Crippen LogP contribution in [-0.2, 0) is 53.2 Å². The molecule has 0 amide bonds. The molecule has 0 aromatic carbocycles. The van der Waals surface area contributed by atoms with Gasteiger partial charge in [-0.25, -0.2) is 25.3 Å². The molecule has 2 atom stereocenters. The van der Waals surface area contributed by atoms with E-state index in [1.54, 1.807) is 0 Å². The summed E-state index contributed by atoms with van der Waals surface area (Å²) in [5.41, 5.74) is 0. The molecular weight excluding hydrogens is 500 g/mol. The zero-order valence-corrected chi connectivity index (χ0v) is 21.2. The van der Waals surface area contributed by atoms with Crippen LogP contribution in [0.4, 0.5) is 0 Å². The molecule has 0 aliphatic carbocycles. The van der Waals surface area contributed by atoms with Gasteiger partial charge in [-0.2, -0.15) is 0 Å². The summed E-state index contributed by atoms with van der Waals surface area (Å²) in [4.78, 5) is 0. The molecule has 0 aliphatic heterocycles. The fourth-order valence-corrected chi connectivity index (χ4v) is 3.61. The summed E-state index contributed by atoms with van der Waals surface area (Å²) in [6.45, 7) is 9.44. The normalized spacial score (nSPS) is 14.5. The zero-order chi connectivity index (χ0) is 25.4. The van der Waals surface area contributed by atoms with E-state index in [2.05, 4.69) is 19.7 Å². The summed E-state index contributed by atoms with van der Waals surface area (Å²) in [5.74, 6) is -0.774. The highest BCUT2D eigenvalue weighted by Gasteiger charge is 2.18. The van der Waals surface area contributed by atoms with E-state index < -0.39 is 41.7 Å². The maximum absolute atomic E-state index is 11.6. The highest BCUT2D eigenvalue weighted by Crippen LogP contribution is 2.04. The molecule has 0 saturated carbocycles. The Morgan fingerprint density at radius 3 is 1.39 bits per heavy atom. The van der Waals surface area contributed by atoms with Crippen molar-refractivity contribution in [3.8, 4) is 0 Å². The molecular formula is C19H34O11S3. The van der Waals surface area contributed by atoms with Crippen molar-refractivity contribution in [2.24, 2.45) is 0 Å². The average molecular weight is 535 g/mol. The van der Waals surface area contributed by atoms with E-state index in [1.165, 1.54) is 7.11 Å². The fourth-order valence-electron chi connectivity index (χ4n) is 2.08. The number of methoxy groups -OCH3 is 1. The van der Waals surface area contributed by atoms with Gasteiger partial charge >= 0.3 is 0 Å². The predicted octanol–water partition coefficient (Wildman–Crippen LogP) is 0.111. The van der Waals surface area contributed by atoms with Gasteiger partial charge in [0.25, 0.3) is 0 Å². The van der Waals surface area contributed by atoms with E-state index in [-0.39, 0.29) is 63.5 Å². The van der Waals surface area contributed by atoms with Gasteiger partial charge in [0.2, 0.25) is 0 Å². The van der Waals surface area contributed by atoms with Crippen molar-refractivity contribution in [1.82, 2.24) is 0 Å². The molecule has 0 rings (SSSR count). The molecule has 11 nitrogen and oxygen atoms in total. The Bertz CT molecular complexity index is 893. The van der Waals surface area contributed by atoms with Gasteiger partial charge in [-0.05, 0) is 0 Å². The number of sulfone groups is 3. The van der Waals surface area contributed by atoms with Crippen molar-refractivity contribution in [2.75, 3.05) is 70.6 Å². The third kappa shape index (κ3) is 17.0. The number of ether oxygens (including phenoxy) is 5. The maximum atomic E-state index is 11.6. The first-order chi connectivity index (χ1) is 15.4. The second-order valence-corrected chi connectivity index (χ2v) is 12.9. The van der Waals surface area contributed by atoms with Crippen molar-refractivity contribution in [2.45, 2.75) is 12.2 Å². The summed E-state index contributed by atoms with van der Waals surface area (Å²) in [6, 6.07) is 0. The minimum Gasteiger partial charge on any atom is -0.382 e. The van der Waals surface area contributed by atoms with Crippen molar-refractivity contribution in [3.05, 3.63) is 36.0 Å². The van der Waals surface area contributed by atoms with Gasteiger partial charge in [0.15, 0.2) is 29.5 Å². The van der Waals surface area contributed by atoms with E-state index in [1.807, 2.05) is 0 Å². The topological polar surface area (TPSA) is 149 Å². The lowest BCUT2D eigenvalue weighted by molar-refractivity contribution is -0.102. The van der Waals surface area contributed by atoms with Crippen LogP contribution in [0.3, 0.4) is 0 Å². The first kappa shape index (κ1) is 31.9. The Kier molecular flexibility index (Phi) is 15.9. The minimum absolute atomic E-state index is 0.0370. The van der Waals surface area contributed by atoms with Crippen LogP contribution in [0.5, 0.6) is 0 Å². The lowest BCUT2D eigenvalue weighted by Gasteiger charge is -2.22. The third-order valence-electron chi connectivity index (χ3n) is 3.99. The number of hydrogen-bond donors (Lipinski definition) is 0. The molecule has 0 heterocycles. The molecule has 0 aromatic heterocycles. The van der Waals surface area contributed by atoms with Crippen LogP contribution in [0, 0.1) is 0 Å². The fraction of sp³-hybridized carbons (Fsp3) is 0.684. The second kappa shape index (κ2) is 16.5. The molecule has 0 saturated heterocycles. The van der Waals surface area contributed by atoms with Crippen LogP contribution in [0.2, 0.25) is 0 Å². The molecule has 0 radical (unpaired) electrons. The van der Waals surface area contributed by atoms with Crippen molar-refractivity contribution >= 4 is 29.5 Å². The van der Waals surface area contributed by atoms with Gasteiger partial charge in [0.05, 0.1) is 63.5 Å². The van der Waals surface area contributed by atoms with Gasteiger partial charge in [-0.1, -0.05) is 19.7 Å². The standard InChI is InChI=1S/C19H34O11S3/c1-5-31(20,21)11-8-27-15-18(14-26-4)30-17-19(29-10-13-33(24,25)7-3)16-28-9-12-32(22,23)6-2/h5-7,18-19H,1-3,8-17H2,4H3. The molecule has 0 aromatic rings. The van der Waals surface area contributed by atoms with Gasteiger partial charge in [-0.15, -0.1) is 0 Å². The summed E-state index contributed by atoms with van der Waals surface area (Å²) in [7, 11) is -8.81. The van der Waals surface area contributed by atoms with Gasteiger partial charge in [0.1, 0.15) is 12.2 Å². The average Bonchev–Trinajstić information content (AvgIpc) is 2.77. The molecule has 0 aliphatic rings. The van der Waals surface area contributed by atoms with Crippen molar-refractivity contribution < 1.29 is 48.9 Å². The molecule has 0 fully saturated rings. The monoisotopic (exact) mass is 534 g/mol. The molecule has 194 valence electrons. The quantitative estimate of drug-likeness (QED) is 0.174. The number of rotatable bonds is 22. The van der Waals surface area contributed by atoms with Crippen LogP contribution >= 0.6 is 0 Å². The Labute approximate surface area is 197 Å². The summed E-state index contributed by atoms with van der Waals surface area (Å²) in [5, 5.41) is 2.52. The Balaban J connectivity index is 4.77. The van der Waals surface area contributed by atoms with Gasteiger partial charge in [-0.3, -0.25) is 0 Å². The van der Waals surface area contributed by atoms with Crippen LogP contribution in [0.1, 0.15) is 0 Å². The summed E-state index contributed by atoms with van der Waals surface area (Å²) >= 11 is 0. The van der Waals surface area contributed by atoms with Crippen LogP contribution < -0.4 is 0 Å². The van der Waals surface area contributed by atoms with E-state index in [0.717, 1.165) is 16.2 Å². The van der Waals surface area contributed by atoms with Gasteiger partial charge < -0.3 is 23.7 Å². The van der Waals surface area contributed by atoms with Crippen molar-refractivity contribution in [3.63, 3.8) is 0 Å². The summed E-state index contributed by atoms with van der Waals surface area (Å²) < 4.78 is 95.8. The first-order valence-corrected chi connectivity index (χ1v) is 15.0. The maximum Gasteiger partial charge on any atom is 0.173 e. The van der Waals surface area contributed by atoms with Crippen LogP contribution in [0.25, 0.3) is 0 Å². The molecule has 0 N–H and O–H groups in total. The smallest absolute Gasteiger partial charge is 0.173 e. The highest BCUT2D eigenvalue weighted by molar-refractivity contribution is 7.94. The molecule has 0 spiro atoms. The zero-order valence-electron chi connectivity index (χ0n) is 18.8. The predicted molar refractivity (Wildman–Crippen MR) is 125 cm³/mol. The third-order valence-corrected chi connectivity index (χ3v) is 7.72. The van der Waals surface area contributed by atoms with Crippen LogP contribution in [-0.4, -0.2) is 108 Å². The van der Waals surface area contributed by atoms with Crippen molar-refractivity contribution in [1.29, 1.82) is 0 Å².